The van der Waals surface area contributed by atoms with Crippen LogP contribution < -0.4 is 10.6 Å². The molecule has 7 heteroatoms. The molecule has 0 aromatic carbocycles. The van der Waals surface area contributed by atoms with Gasteiger partial charge in [0.1, 0.15) is 12.1 Å². The second-order valence-corrected chi connectivity index (χ2v) is 3.74. The first-order valence-electron chi connectivity index (χ1n) is 5.29. The summed E-state index contributed by atoms with van der Waals surface area (Å²) < 4.78 is 4.86. The van der Waals surface area contributed by atoms with Crippen molar-refractivity contribution in [3.8, 4) is 0 Å². The van der Waals surface area contributed by atoms with Crippen LogP contribution in [0.3, 0.4) is 0 Å². The Morgan fingerprint density at radius 3 is 2.39 bits per heavy atom. The van der Waals surface area contributed by atoms with E-state index in [-0.39, 0.29) is 5.76 Å². The van der Waals surface area contributed by atoms with E-state index in [1.54, 1.807) is 6.07 Å². The Hall–Kier alpha value is -2.31. The van der Waals surface area contributed by atoms with Crippen LogP contribution in [0, 0.1) is 0 Å². The van der Waals surface area contributed by atoms with Crippen molar-refractivity contribution in [2.75, 3.05) is 0 Å². The highest BCUT2D eigenvalue weighted by molar-refractivity contribution is 5.96. The molecule has 0 aliphatic rings. The lowest BCUT2D eigenvalue weighted by atomic mass is 10.2. The van der Waals surface area contributed by atoms with E-state index in [2.05, 4.69) is 10.6 Å². The Morgan fingerprint density at radius 2 is 1.89 bits per heavy atom. The summed E-state index contributed by atoms with van der Waals surface area (Å²) in [5.74, 6) is -2.18. The van der Waals surface area contributed by atoms with E-state index in [9.17, 15) is 14.4 Å². The molecule has 0 bridgehead atoms. The molecule has 1 aromatic rings. The van der Waals surface area contributed by atoms with Crippen LogP contribution in [0.5, 0.6) is 0 Å². The summed E-state index contributed by atoms with van der Waals surface area (Å²) in [5, 5.41) is 13.3. The highest BCUT2D eigenvalue weighted by Crippen LogP contribution is 2.00. The van der Waals surface area contributed by atoms with Crippen LogP contribution in [0.25, 0.3) is 0 Å². The molecular weight excluding hydrogens is 240 g/mol. The molecule has 0 saturated heterocycles. The molecule has 1 aromatic heterocycles. The predicted octanol–water partition coefficient (Wildman–Crippen LogP) is -0.0128. The molecule has 0 aliphatic carbocycles. The quantitative estimate of drug-likeness (QED) is 0.684. The SMILES string of the molecule is CC(NC(=O)c1ccco1)C(=O)N[C@H](C)C(=O)O. The fraction of sp³-hybridized carbons (Fsp3) is 0.364. The van der Waals surface area contributed by atoms with Crippen LogP contribution in [-0.2, 0) is 9.59 Å². The third kappa shape index (κ3) is 3.62. The summed E-state index contributed by atoms with van der Waals surface area (Å²) in [6, 6.07) is 1.14. The number of furan rings is 1. The number of aliphatic carboxylic acids is 1. The van der Waals surface area contributed by atoms with Gasteiger partial charge in [0.2, 0.25) is 5.91 Å². The van der Waals surface area contributed by atoms with Gasteiger partial charge in [-0.2, -0.15) is 0 Å². The first-order chi connectivity index (χ1) is 8.41. The molecular formula is C11H14N2O5. The van der Waals surface area contributed by atoms with Gasteiger partial charge in [-0.05, 0) is 26.0 Å². The molecule has 1 unspecified atom stereocenters. The summed E-state index contributed by atoms with van der Waals surface area (Å²) in [6.07, 6.45) is 1.34. The summed E-state index contributed by atoms with van der Waals surface area (Å²) in [5.41, 5.74) is 0. The van der Waals surface area contributed by atoms with Gasteiger partial charge in [0.05, 0.1) is 6.26 Å². The van der Waals surface area contributed by atoms with Crippen molar-refractivity contribution in [1.82, 2.24) is 10.6 Å². The van der Waals surface area contributed by atoms with Crippen molar-refractivity contribution in [1.29, 1.82) is 0 Å². The van der Waals surface area contributed by atoms with E-state index < -0.39 is 29.9 Å². The van der Waals surface area contributed by atoms with Gasteiger partial charge in [0, 0.05) is 0 Å². The maximum absolute atomic E-state index is 11.5. The Balaban J connectivity index is 2.50. The number of carbonyl (C=O) groups excluding carboxylic acids is 2. The van der Waals surface area contributed by atoms with E-state index in [1.165, 1.54) is 26.2 Å². The smallest absolute Gasteiger partial charge is 0.325 e. The second kappa shape index (κ2) is 5.85. The molecule has 2 atom stereocenters. The summed E-state index contributed by atoms with van der Waals surface area (Å²) in [6.45, 7) is 2.78. The average Bonchev–Trinajstić information content (AvgIpc) is 2.81. The van der Waals surface area contributed by atoms with Gasteiger partial charge in [-0.3, -0.25) is 14.4 Å². The molecule has 0 spiro atoms. The minimum atomic E-state index is -1.15. The first kappa shape index (κ1) is 13.8. The third-order valence-corrected chi connectivity index (χ3v) is 2.22. The van der Waals surface area contributed by atoms with Crippen LogP contribution in [0.1, 0.15) is 24.4 Å². The van der Waals surface area contributed by atoms with Gasteiger partial charge in [0.15, 0.2) is 5.76 Å². The number of hydrogen-bond acceptors (Lipinski definition) is 4. The predicted molar refractivity (Wildman–Crippen MR) is 60.9 cm³/mol. The van der Waals surface area contributed by atoms with Crippen molar-refractivity contribution >= 4 is 17.8 Å². The second-order valence-electron chi connectivity index (χ2n) is 3.74. The average molecular weight is 254 g/mol. The number of rotatable bonds is 5. The first-order valence-corrected chi connectivity index (χ1v) is 5.29. The minimum absolute atomic E-state index is 0.0842. The lowest BCUT2D eigenvalue weighted by molar-refractivity contribution is -0.141. The number of carboxylic acids is 1. The van der Waals surface area contributed by atoms with Gasteiger partial charge < -0.3 is 20.2 Å². The summed E-state index contributed by atoms with van der Waals surface area (Å²) in [4.78, 5) is 33.6. The van der Waals surface area contributed by atoms with E-state index in [0.29, 0.717) is 0 Å². The number of hydrogen-bond donors (Lipinski definition) is 3. The molecule has 0 fully saturated rings. The van der Waals surface area contributed by atoms with Gasteiger partial charge in [-0.1, -0.05) is 0 Å². The molecule has 1 rings (SSSR count). The summed E-state index contributed by atoms with van der Waals surface area (Å²) >= 11 is 0. The zero-order valence-corrected chi connectivity index (χ0v) is 9.97. The van der Waals surface area contributed by atoms with Crippen LogP contribution in [-0.4, -0.2) is 35.0 Å². The van der Waals surface area contributed by atoms with Crippen LogP contribution >= 0.6 is 0 Å². The van der Waals surface area contributed by atoms with Gasteiger partial charge in [-0.25, -0.2) is 0 Å². The van der Waals surface area contributed by atoms with Gasteiger partial charge in [-0.15, -0.1) is 0 Å². The van der Waals surface area contributed by atoms with Gasteiger partial charge in [0.25, 0.3) is 5.91 Å². The van der Waals surface area contributed by atoms with Crippen molar-refractivity contribution in [2.45, 2.75) is 25.9 Å². The zero-order chi connectivity index (χ0) is 13.7. The normalized spacial score (nSPS) is 13.4. The Kier molecular flexibility index (Phi) is 4.47. The van der Waals surface area contributed by atoms with Crippen LogP contribution in [0.2, 0.25) is 0 Å². The Bertz CT molecular complexity index is 440. The van der Waals surface area contributed by atoms with Crippen molar-refractivity contribution in [3.63, 3.8) is 0 Å². The van der Waals surface area contributed by atoms with Crippen molar-refractivity contribution in [3.05, 3.63) is 24.2 Å². The number of amides is 2. The Morgan fingerprint density at radius 1 is 1.22 bits per heavy atom. The number of nitrogens with one attached hydrogen (secondary N) is 2. The van der Waals surface area contributed by atoms with Crippen LogP contribution in [0.15, 0.2) is 22.8 Å². The maximum atomic E-state index is 11.5. The molecule has 0 aliphatic heterocycles. The lowest BCUT2D eigenvalue weighted by Gasteiger charge is -2.15. The fourth-order valence-electron chi connectivity index (χ4n) is 1.14. The molecule has 0 radical (unpaired) electrons. The van der Waals surface area contributed by atoms with Crippen LogP contribution in [0.4, 0.5) is 0 Å². The van der Waals surface area contributed by atoms with E-state index in [4.69, 9.17) is 9.52 Å². The largest absolute Gasteiger partial charge is 0.480 e. The Labute approximate surface area is 103 Å². The standard InChI is InChI=1S/C11H14N2O5/c1-6(9(14)13-7(2)11(16)17)12-10(15)8-4-3-5-18-8/h3-7H,1-2H3,(H,12,15)(H,13,14)(H,16,17)/t6?,7-/m1/s1. The topological polar surface area (TPSA) is 109 Å². The third-order valence-electron chi connectivity index (χ3n) is 2.22. The van der Waals surface area contributed by atoms with Crippen molar-refractivity contribution in [2.24, 2.45) is 0 Å². The molecule has 7 nitrogen and oxygen atoms in total. The van der Waals surface area contributed by atoms with E-state index in [1.807, 2.05) is 0 Å². The number of carboxylic acid groups (broad SMARTS) is 1. The molecule has 98 valence electrons. The minimum Gasteiger partial charge on any atom is -0.480 e. The molecule has 3 N–H and O–H groups in total. The van der Waals surface area contributed by atoms with E-state index in [0.717, 1.165) is 0 Å². The monoisotopic (exact) mass is 254 g/mol. The van der Waals surface area contributed by atoms with Crippen molar-refractivity contribution < 1.29 is 23.9 Å². The molecule has 0 saturated carbocycles. The highest BCUT2D eigenvalue weighted by Gasteiger charge is 2.21. The maximum Gasteiger partial charge on any atom is 0.325 e. The zero-order valence-electron chi connectivity index (χ0n) is 9.97. The summed E-state index contributed by atoms with van der Waals surface area (Å²) in [7, 11) is 0. The highest BCUT2D eigenvalue weighted by atomic mass is 16.4. The number of carbonyl (C=O) groups is 3. The lowest BCUT2D eigenvalue weighted by Crippen LogP contribution is -2.49. The fourth-order valence-corrected chi connectivity index (χ4v) is 1.14. The molecule has 18 heavy (non-hydrogen) atoms. The molecule has 2 amide bonds. The molecule has 1 heterocycles. The van der Waals surface area contributed by atoms with E-state index >= 15 is 0 Å². The van der Waals surface area contributed by atoms with Gasteiger partial charge >= 0.3 is 5.97 Å².